The van der Waals surface area contributed by atoms with Crippen molar-refractivity contribution in [3.8, 4) is 17.2 Å². The molecule has 0 aliphatic heterocycles. The van der Waals surface area contributed by atoms with E-state index in [2.05, 4.69) is 10.4 Å². The van der Waals surface area contributed by atoms with Crippen molar-refractivity contribution >= 4 is 23.7 Å². The zero-order chi connectivity index (χ0) is 24.3. The molecule has 13 heteroatoms. The van der Waals surface area contributed by atoms with Crippen LogP contribution in [0.25, 0.3) is 11.5 Å². The molecule has 1 aromatic heterocycles. The zero-order valence-corrected chi connectivity index (χ0v) is 17.5. The molecule has 0 saturated carbocycles. The molecule has 0 aliphatic rings. The van der Waals surface area contributed by atoms with E-state index >= 15 is 0 Å². The molecule has 0 radical (unpaired) electrons. The fourth-order valence-electron chi connectivity index (χ4n) is 2.62. The summed E-state index contributed by atoms with van der Waals surface area (Å²) in [6, 6.07) is 6.81. The first-order valence-electron chi connectivity index (χ1n) is 9.19. The molecule has 0 fully saturated rings. The van der Waals surface area contributed by atoms with Gasteiger partial charge in [0.05, 0.1) is 12.1 Å². The average molecular weight is 486 g/mol. The maximum Gasteiger partial charge on any atom is 0.437 e. The lowest BCUT2D eigenvalue weighted by Crippen LogP contribution is -2.40. The number of amides is 1. The number of carbonyl (C=O) groups is 2. The highest BCUT2D eigenvalue weighted by atomic mass is 35.5. The summed E-state index contributed by atoms with van der Waals surface area (Å²) in [6.07, 6.45) is -5.57. The highest BCUT2D eigenvalue weighted by Crippen LogP contribution is 2.30. The van der Waals surface area contributed by atoms with E-state index in [4.69, 9.17) is 25.9 Å². The lowest BCUT2D eigenvalue weighted by atomic mass is 10.1. The number of hydrogen-bond donors (Lipinski definition) is 2. The molecule has 33 heavy (non-hydrogen) atoms. The van der Waals surface area contributed by atoms with Crippen molar-refractivity contribution in [3.05, 3.63) is 69.2 Å². The summed E-state index contributed by atoms with van der Waals surface area (Å²) in [5.41, 5.74) is -0.498. The number of carbonyl (C=O) groups excluding carboxylic acids is 1. The summed E-state index contributed by atoms with van der Waals surface area (Å²) in [5.74, 6) is -2.43. The van der Waals surface area contributed by atoms with E-state index in [1.54, 1.807) is 0 Å². The summed E-state index contributed by atoms with van der Waals surface area (Å²) in [4.78, 5) is 35.0. The molecule has 1 heterocycles. The van der Waals surface area contributed by atoms with Crippen molar-refractivity contribution in [2.24, 2.45) is 0 Å². The predicted molar refractivity (Wildman–Crippen MR) is 108 cm³/mol. The number of carboxylic acid groups (broad SMARTS) is 1. The molecule has 3 aromatic rings. The van der Waals surface area contributed by atoms with Gasteiger partial charge in [-0.25, -0.2) is 9.59 Å². The van der Waals surface area contributed by atoms with Gasteiger partial charge in [0.15, 0.2) is 0 Å². The van der Waals surface area contributed by atoms with Crippen molar-refractivity contribution in [2.45, 2.75) is 25.7 Å². The molecule has 1 amide bonds. The first kappa shape index (κ1) is 23.9. The van der Waals surface area contributed by atoms with Gasteiger partial charge >= 0.3 is 24.0 Å². The van der Waals surface area contributed by atoms with Gasteiger partial charge in [0, 0.05) is 16.1 Å². The third kappa shape index (κ3) is 5.92. The normalized spacial score (nSPS) is 12.3. The van der Waals surface area contributed by atoms with Crippen LogP contribution in [-0.2, 0) is 17.5 Å². The second kappa shape index (κ2) is 9.36. The minimum absolute atomic E-state index is 0.0273. The third-order valence-electron chi connectivity index (χ3n) is 4.32. The van der Waals surface area contributed by atoms with Gasteiger partial charge in [0.1, 0.15) is 11.8 Å². The van der Waals surface area contributed by atoms with Crippen LogP contribution in [0, 0.1) is 0 Å². The van der Waals surface area contributed by atoms with Gasteiger partial charge in [0.25, 0.3) is 0 Å². The standard InChI is InChI=1S/C20H15ClF3N3O6/c1-10(17(28)29)25-18(30)32-15-7-6-14(21)8-12(15)9-27-19(31)33-16(26-27)11-2-4-13(5-3-11)20(22,23)24/h2-8,10H,9H2,1H3,(H,25,30)(H,28,29)/t10-/m0/s1. The minimum Gasteiger partial charge on any atom is -0.480 e. The molecule has 2 N–H and O–H groups in total. The van der Waals surface area contributed by atoms with Gasteiger partial charge in [-0.1, -0.05) is 11.6 Å². The maximum absolute atomic E-state index is 12.7. The van der Waals surface area contributed by atoms with Crippen molar-refractivity contribution in [1.29, 1.82) is 0 Å². The van der Waals surface area contributed by atoms with Crippen LogP contribution in [0.2, 0.25) is 5.02 Å². The van der Waals surface area contributed by atoms with Crippen LogP contribution in [0.1, 0.15) is 18.1 Å². The number of aliphatic carboxylic acids is 1. The molecule has 0 bridgehead atoms. The SMILES string of the molecule is C[C@H](NC(=O)Oc1ccc(Cl)cc1Cn1nc(-c2ccc(C(F)(F)F)cc2)oc1=O)C(=O)O. The fourth-order valence-corrected chi connectivity index (χ4v) is 2.82. The molecule has 9 nitrogen and oxygen atoms in total. The van der Waals surface area contributed by atoms with E-state index < -0.39 is 35.6 Å². The number of nitrogens with one attached hydrogen (secondary N) is 1. The Kier molecular flexibility index (Phi) is 6.77. The molecular formula is C20H15ClF3N3O6. The molecule has 3 rings (SSSR count). The number of benzene rings is 2. The Bertz CT molecular complexity index is 1240. The average Bonchev–Trinajstić information content (AvgIpc) is 3.09. The van der Waals surface area contributed by atoms with E-state index in [0.717, 1.165) is 28.9 Å². The van der Waals surface area contributed by atoms with Gasteiger partial charge in [-0.3, -0.25) is 4.79 Å². The van der Waals surface area contributed by atoms with Crippen LogP contribution in [-0.4, -0.2) is 33.0 Å². The summed E-state index contributed by atoms with van der Waals surface area (Å²) < 4.78 is 49.2. The van der Waals surface area contributed by atoms with Crippen LogP contribution >= 0.6 is 11.6 Å². The Labute approximate surface area is 188 Å². The highest BCUT2D eigenvalue weighted by Gasteiger charge is 2.30. The number of alkyl halides is 3. The first-order valence-corrected chi connectivity index (χ1v) is 9.57. The number of ether oxygens (including phenoxy) is 1. The maximum atomic E-state index is 12.7. The zero-order valence-electron chi connectivity index (χ0n) is 16.7. The Morgan fingerprint density at radius 1 is 1.24 bits per heavy atom. The van der Waals surface area contributed by atoms with Crippen LogP contribution in [0.15, 0.2) is 51.7 Å². The van der Waals surface area contributed by atoms with Gasteiger partial charge in [0.2, 0.25) is 5.89 Å². The Morgan fingerprint density at radius 3 is 2.52 bits per heavy atom. The Morgan fingerprint density at radius 2 is 1.91 bits per heavy atom. The number of halogens is 4. The predicted octanol–water partition coefficient (Wildman–Crippen LogP) is 3.79. The summed E-state index contributed by atoms with van der Waals surface area (Å²) in [7, 11) is 0. The molecule has 0 unspecified atom stereocenters. The summed E-state index contributed by atoms with van der Waals surface area (Å²) in [6.45, 7) is 0.977. The van der Waals surface area contributed by atoms with E-state index in [1.807, 2.05) is 0 Å². The quantitative estimate of drug-likeness (QED) is 0.544. The van der Waals surface area contributed by atoms with Crippen molar-refractivity contribution in [3.63, 3.8) is 0 Å². The number of nitrogens with zero attached hydrogens (tertiary/aromatic N) is 2. The first-order chi connectivity index (χ1) is 15.4. The topological polar surface area (TPSA) is 124 Å². The highest BCUT2D eigenvalue weighted by molar-refractivity contribution is 6.30. The van der Waals surface area contributed by atoms with Gasteiger partial charge in [-0.05, 0) is 49.4 Å². The largest absolute Gasteiger partial charge is 0.480 e. The lowest BCUT2D eigenvalue weighted by molar-refractivity contribution is -0.139. The molecule has 0 saturated heterocycles. The van der Waals surface area contributed by atoms with E-state index in [1.165, 1.54) is 25.1 Å². The lowest BCUT2D eigenvalue weighted by Gasteiger charge is -2.12. The number of rotatable bonds is 6. The minimum atomic E-state index is -4.52. The van der Waals surface area contributed by atoms with Crippen molar-refractivity contribution < 1.29 is 37.0 Å². The second-order valence-electron chi connectivity index (χ2n) is 6.75. The smallest absolute Gasteiger partial charge is 0.437 e. The van der Waals surface area contributed by atoms with Crippen LogP contribution in [0.3, 0.4) is 0 Å². The van der Waals surface area contributed by atoms with Crippen LogP contribution in [0.4, 0.5) is 18.0 Å². The Hall–Kier alpha value is -3.80. The van der Waals surface area contributed by atoms with E-state index in [9.17, 15) is 27.6 Å². The molecule has 2 aromatic carbocycles. The Balaban J connectivity index is 1.83. The van der Waals surface area contributed by atoms with Crippen molar-refractivity contribution in [2.75, 3.05) is 0 Å². The van der Waals surface area contributed by atoms with Gasteiger partial charge < -0.3 is 19.6 Å². The number of hydrogen-bond acceptors (Lipinski definition) is 6. The number of aromatic nitrogens is 2. The summed E-state index contributed by atoms with van der Waals surface area (Å²) >= 11 is 5.98. The van der Waals surface area contributed by atoms with Gasteiger partial charge in [-0.15, -0.1) is 5.10 Å². The summed E-state index contributed by atoms with van der Waals surface area (Å²) in [5, 5.41) is 15.2. The third-order valence-corrected chi connectivity index (χ3v) is 4.55. The second-order valence-corrected chi connectivity index (χ2v) is 7.19. The fraction of sp³-hybridized carbons (Fsp3) is 0.200. The molecule has 1 atom stereocenters. The van der Waals surface area contributed by atoms with Crippen LogP contribution in [0.5, 0.6) is 5.75 Å². The molecule has 174 valence electrons. The molecule has 0 spiro atoms. The van der Waals surface area contributed by atoms with E-state index in [0.29, 0.717) is 0 Å². The van der Waals surface area contributed by atoms with Crippen LogP contribution < -0.4 is 15.8 Å². The van der Waals surface area contributed by atoms with Gasteiger partial charge in [-0.2, -0.15) is 17.9 Å². The molecule has 0 aliphatic carbocycles. The van der Waals surface area contributed by atoms with Crippen molar-refractivity contribution in [1.82, 2.24) is 15.1 Å². The number of carboxylic acids is 1. The molecular weight excluding hydrogens is 471 g/mol. The van der Waals surface area contributed by atoms with E-state index in [-0.39, 0.29) is 34.3 Å². The monoisotopic (exact) mass is 485 g/mol.